The molecule has 0 bridgehead atoms. The maximum absolute atomic E-state index is 12.9. The first-order chi connectivity index (χ1) is 13.0. The minimum Gasteiger partial charge on any atom is -0.388 e. The van der Waals surface area contributed by atoms with E-state index in [4.69, 9.17) is 16.3 Å². The van der Waals surface area contributed by atoms with Crippen LogP contribution < -0.4 is 15.8 Å². The summed E-state index contributed by atoms with van der Waals surface area (Å²) in [6.07, 6.45) is -3.93. The van der Waals surface area contributed by atoms with Crippen molar-refractivity contribution in [1.82, 2.24) is 10.0 Å². The molecule has 1 aromatic carbocycles. The number of nitro groups is 1. The average Bonchev–Trinajstić information content (AvgIpc) is 3.02. The van der Waals surface area contributed by atoms with Gasteiger partial charge in [-0.15, -0.1) is 4.59 Å². The highest BCUT2D eigenvalue weighted by Crippen LogP contribution is 2.40. The molecule has 1 aliphatic heterocycles. The number of nitrogens with one attached hydrogen (secondary N) is 1. The Hall–Kier alpha value is -3.62. The zero-order valence-corrected chi connectivity index (χ0v) is 14.4. The van der Waals surface area contributed by atoms with Gasteiger partial charge in [0.15, 0.2) is 11.6 Å². The third-order valence-corrected chi connectivity index (χ3v) is 4.37. The van der Waals surface area contributed by atoms with Crippen LogP contribution in [-0.4, -0.2) is 22.4 Å². The van der Waals surface area contributed by atoms with Gasteiger partial charge in [0.2, 0.25) is 12.0 Å². The Bertz CT molecular complexity index is 993. The molecule has 0 saturated carbocycles. The molecule has 1 atom stereocenters. The average molecular weight is 412 g/mol. The van der Waals surface area contributed by atoms with E-state index < -0.39 is 43.6 Å². The number of carbonyl (C=O) groups excluding carboxylic acids is 1. The quantitative estimate of drug-likeness (QED) is 0.192. The van der Waals surface area contributed by atoms with E-state index in [0.717, 1.165) is 12.4 Å². The highest BCUT2D eigenvalue weighted by atomic mass is 32.2. The van der Waals surface area contributed by atoms with Gasteiger partial charge in [0.25, 0.3) is 0 Å². The van der Waals surface area contributed by atoms with Gasteiger partial charge >= 0.3 is 17.1 Å². The molecule has 1 unspecified atom stereocenters. The maximum atomic E-state index is 12.9. The lowest BCUT2D eigenvalue weighted by atomic mass is 10.1. The van der Waals surface area contributed by atoms with Gasteiger partial charge in [0.05, 0.1) is 10.5 Å². The third kappa shape index (κ3) is 4.03. The number of nitriles is 2. The van der Waals surface area contributed by atoms with Crippen LogP contribution in [0.2, 0.25) is 0 Å². The lowest BCUT2D eigenvalue weighted by molar-refractivity contribution is -0.384. The van der Waals surface area contributed by atoms with Crippen LogP contribution in [0, 0.1) is 32.8 Å². The Morgan fingerprint density at radius 1 is 1.43 bits per heavy atom. The van der Waals surface area contributed by atoms with Crippen LogP contribution in [0.15, 0.2) is 34.6 Å². The topological polar surface area (TPSA) is 158 Å². The number of alkyl halides is 3. The highest BCUT2D eigenvalue weighted by molar-refractivity contribution is 8.13. The number of allylic oxidation sites excluding steroid dienone is 2. The van der Waals surface area contributed by atoms with Gasteiger partial charge in [-0.3, -0.25) is 14.9 Å². The van der Waals surface area contributed by atoms with Crippen molar-refractivity contribution < 1.29 is 22.9 Å². The van der Waals surface area contributed by atoms with Gasteiger partial charge < -0.3 is 5.73 Å². The predicted octanol–water partition coefficient (Wildman–Crippen LogP) is 2.50. The Morgan fingerprint density at radius 3 is 2.57 bits per heavy atom. The van der Waals surface area contributed by atoms with Gasteiger partial charge in [-0.05, 0) is 6.07 Å². The summed E-state index contributed by atoms with van der Waals surface area (Å²) >= 11 is 0.694. The molecule has 0 spiro atoms. The number of hydrogen-bond donors (Lipinski definition) is 2. The molecule has 0 aromatic heterocycles. The highest BCUT2D eigenvalue weighted by Gasteiger charge is 2.46. The summed E-state index contributed by atoms with van der Waals surface area (Å²) in [5, 5.41) is 28.5. The van der Waals surface area contributed by atoms with Crippen LogP contribution in [0.1, 0.15) is 5.56 Å². The van der Waals surface area contributed by atoms with Crippen molar-refractivity contribution in [2.75, 3.05) is 5.88 Å². The fraction of sp³-hybridized carbons (Fsp3) is 0.143. The number of thioether (sulfide) groups is 1. The van der Waals surface area contributed by atoms with E-state index in [0.29, 0.717) is 23.9 Å². The molecule has 1 aliphatic rings. The number of nitro benzene ring substituents is 1. The minimum absolute atomic E-state index is 0.209. The normalized spacial score (nSPS) is 20.2. The number of rotatable bonds is 4. The molecule has 14 heteroatoms. The van der Waals surface area contributed by atoms with Crippen LogP contribution in [0.4, 0.5) is 29.3 Å². The van der Waals surface area contributed by atoms with Crippen molar-refractivity contribution in [3.05, 3.63) is 45.3 Å². The van der Waals surface area contributed by atoms with Crippen LogP contribution in [0.5, 0.6) is 0 Å². The number of nitrogens with two attached hydrogens (primary N) is 1. The number of quaternary nitrogens is 1. The van der Waals surface area contributed by atoms with Crippen LogP contribution in [-0.2, 0) is 6.18 Å². The fourth-order valence-electron chi connectivity index (χ4n) is 2.19. The first kappa shape index (κ1) is 20.7. The second-order valence-electron chi connectivity index (χ2n) is 5.23. The van der Waals surface area contributed by atoms with E-state index in [2.05, 4.69) is 10.4 Å². The molecule has 1 heterocycles. The molecule has 144 valence electrons. The van der Waals surface area contributed by atoms with Crippen LogP contribution >= 0.6 is 11.8 Å². The molecule has 0 radical (unpaired) electrons. The summed E-state index contributed by atoms with van der Waals surface area (Å²) < 4.78 is 37.9. The lowest BCUT2D eigenvalue weighted by Crippen LogP contribution is -2.55. The van der Waals surface area contributed by atoms with Crippen molar-refractivity contribution in [2.45, 2.75) is 6.18 Å². The molecular weight excluding hydrogens is 403 g/mol. The smallest absolute Gasteiger partial charge is 0.388 e. The van der Waals surface area contributed by atoms with E-state index >= 15 is 0 Å². The lowest BCUT2D eigenvalue weighted by Gasteiger charge is -2.25. The number of amides is 1. The Balaban J connectivity index is 2.68. The molecule has 1 saturated heterocycles. The first-order valence-corrected chi connectivity index (χ1v) is 8.07. The van der Waals surface area contributed by atoms with E-state index in [1.165, 1.54) is 6.07 Å². The molecule has 1 aromatic rings. The second kappa shape index (κ2) is 7.55. The maximum Gasteiger partial charge on any atom is 0.416 e. The van der Waals surface area contributed by atoms with Gasteiger partial charge in [-0.25, -0.2) is 0 Å². The number of carbonyl (C=O) groups is 1. The summed E-state index contributed by atoms with van der Waals surface area (Å²) in [5.41, 5.74) is 4.10. The van der Waals surface area contributed by atoms with E-state index in [1.807, 2.05) is 0 Å². The SMILES string of the molecule is N#CC(N)=C(C#N)N=C[N+]1(c2ccc(C(F)(F)F)cc2[N+](=O)[O-])CSC(=O)N1. The van der Waals surface area contributed by atoms with E-state index in [-0.39, 0.29) is 11.6 Å². The van der Waals surface area contributed by atoms with E-state index in [1.54, 1.807) is 6.07 Å². The third-order valence-electron chi connectivity index (χ3n) is 3.48. The fourth-order valence-corrected chi connectivity index (χ4v) is 3.01. The zero-order valence-electron chi connectivity index (χ0n) is 13.6. The van der Waals surface area contributed by atoms with Crippen molar-refractivity contribution in [1.29, 1.82) is 10.5 Å². The zero-order chi connectivity index (χ0) is 21.1. The number of hydrogen-bond acceptors (Lipinski definition) is 8. The van der Waals surface area contributed by atoms with Crippen molar-refractivity contribution >= 4 is 34.7 Å². The number of halogens is 3. The second-order valence-corrected chi connectivity index (χ2v) is 6.15. The van der Waals surface area contributed by atoms with Crippen LogP contribution in [0.25, 0.3) is 0 Å². The Labute approximate surface area is 159 Å². The first-order valence-electron chi connectivity index (χ1n) is 7.08. The predicted molar refractivity (Wildman–Crippen MR) is 91.8 cm³/mol. The molecular formula is C14H9F3N7O3S+. The molecule has 10 nitrogen and oxygen atoms in total. The van der Waals surface area contributed by atoms with Crippen molar-refractivity contribution in [3.63, 3.8) is 0 Å². The number of nitrogens with zero attached hydrogens (tertiary/aromatic N) is 5. The van der Waals surface area contributed by atoms with E-state index in [9.17, 15) is 28.1 Å². The number of benzene rings is 1. The standard InChI is InChI=1S/C14H8F3N7O3S/c15-14(16,17)8-1-2-12(11(3-8)23(26)27)24(7-28-13(25)22-24)6-21-10(5-19)9(20)4-18/h1-3,6H,7,20H2/p+1. The van der Waals surface area contributed by atoms with Crippen molar-refractivity contribution in [2.24, 2.45) is 10.7 Å². The minimum atomic E-state index is -4.82. The van der Waals surface area contributed by atoms with Gasteiger partial charge in [0, 0.05) is 23.9 Å². The van der Waals surface area contributed by atoms with Gasteiger partial charge in [-0.1, -0.05) is 0 Å². The van der Waals surface area contributed by atoms with Gasteiger partial charge in [0.1, 0.15) is 17.8 Å². The molecule has 2 rings (SSSR count). The monoisotopic (exact) mass is 412 g/mol. The molecule has 28 heavy (non-hydrogen) atoms. The van der Waals surface area contributed by atoms with Crippen LogP contribution in [0.3, 0.4) is 0 Å². The Kier molecular flexibility index (Phi) is 5.58. The summed E-state index contributed by atoms with van der Waals surface area (Å²) in [6.45, 7) is 0. The molecule has 1 amide bonds. The summed E-state index contributed by atoms with van der Waals surface area (Å²) in [6, 6.07) is 4.83. The van der Waals surface area contributed by atoms with Gasteiger partial charge in [-0.2, -0.15) is 34.1 Å². The number of aliphatic imine (C=N–C) groups is 1. The summed E-state index contributed by atoms with van der Waals surface area (Å²) in [5.74, 6) is -0.209. The summed E-state index contributed by atoms with van der Waals surface area (Å²) in [7, 11) is 0. The summed E-state index contributed by atoms with van der Waals surface area (Å²) in [4.78, 5) is 25.7. The molecule has 0 aliphatic carbocycles. The molecule has 3 N–H and O–H groups in total. The van der Waals surface area contributed by atoms with Crippen molar-refractivity contribution in [3.8, 4) is 12.1 Å². The Morgan fingerprint density at radius 2 is 2.11 bits per heavy atom. The molecule has 1 fully saturated rings. The largest absolute Gasteiger partial charge is 0.416 e.